The molecule has 3 rings (SSSR count). The van der Waals surface area contributed by atoms with Crippen molar-refractivity contribution in [2.75, 3.05) is 11.9 Å². The molecule has 1 fully saturated rings. The summed E-state index contributed by atoms with van der Waals surface area (Å²) in [6, 6.07) is 9.61. The zero-order chi connectivity index (χ0) is 14.5. The summed E-state index contributed by atoms with van der Waals surface area (Å²) in [5.74, 6) is 0. The second kappa shape index (κ2) is 6.95. The van der Waals surface area contributed by atoms with Gasteiger partial charge in [-0.2, -0.15) is 5.10 Å². The van der Waals surface area contributed by atoms with Crippen molar-refractivity contribution in [1.29, 1.82) is 0 Å². The normalized spacial score (nSPS) is 19.6. The van der Waals surface area contributed by atoms with Gasteiger partial charge in [0.2, 0.25) is 0 Å². The highest BCUT2D eigenvalue weighted by Gasteiger charge is 2.16. The molecule has 1 aliphatic heterocycles. The molecule has 0 spiro atoms. The average Bonchev–Trinajstić information content (AvgIpc) is 3.14. The number of nitrogens with one attached hydrogen (secondary N) is 3. The fourth-order valence-corrected chi connectivity index (χ4v) is 3.40. The van der Waals surface area contributed by atoms with Gasteiger partial charge in [0.05, 0.1) is 0 Å². The highest BCUT2D eigenvalue weighted by atomic mass is 32.2. The standard InChI is InChI=1S/C15H21N5S/c1-11(9-13-3-2-8-16-13)19-12-4-6-14(7-5-12)21-15-17-10-18-20-15/h4-7,10-11,13,16,19H,2-3,8-9H2,1H3,(H,17,18,20). The average molecular weight is 303 g/mol. The maximum absolute atomic E-state index is 4.11. The van der Waals surface area contributed by atoms with Gasteiger partial charge in [0, 0.05) is 22.7 Å². The molecule has 2 heterocycles. The van der Waals surface area contributed by atoms with Crippen molar-refractivity contribution >= 4 is 17.4 Å². The number of hydrogen-bond acceptors (Lipinski definition) is 5. The van der Waals surface area contributed by atoms with Crippen LogP contribution in [0.3, 0.4) is 0 Å². The van der Waals surface area contributed by atoms with Crippen LogP contribution in [0.5, 0.6) is 0 Å². The summed E-state index contributed by atoms with van der Waals surface area (Å²) < 4.78 is 0. The van der Waals surface area contributed by atoms with Crippen LogP contribution in [0.15, 0.2) is 40.6 Å². The van der Waals surface area contributed by atoms with Crippen LogP contribution in [0.2, 0.25) is 0 Å². The Bertz CT molecular complexity index is 534. The first-order valence-electron chi connectivity index (χ1n) is 7.43. The van der Waals surface area contributed by atoms with E-state index in [1.54, 1.807) is 11.8 Å². The Morgan fingerprint density at radius 2 is 2.24 bits per heavy atom. The second-order valence-electron chi connectivity index (χ2n) is 5.49. The van der Waals surface area contributed by atoms with E-state index in [9.17, 15) is 0 Å². The minimum atomic E-state index is 0.480. The summed E-state index contributed by atoms with van der Waals surface area (Å²) in [6.07, 6.45) is 5.31. The number of hydrogen-bond donors (Lipinski definition) is 3. The molecular formula is C15H21N5S. The summed E-state index contributed by atoms with van der Waals surface area (Å²) in [6.45, 7) is 3.42. The lowest BCUT2D eigenvalue weighted by molar-refractivity contribution is 0.523. The third-order valence-electron chi connectivity index (χ3n) is 3.68. The molecule has 0 radical (unpaired) electrons. The Hall–Kier alpha value is -1.53. The maximum atomic E-state index is 4.11. The minimum absolute atomic E-state index is 0.480. The lowest BCUT2D eigenvalue weighted by Crippen LogP contribution is -2.29. The Labute approximate surface area is 129 Å². The van der Waals surface area contributed by atoms with Crippen molar-refractivity contribution in [3.63, 3.8) is 0 Å². The van der Waals surface area contributed by atoms with Crippen molar-refractivity contribution < 1.29 is 0 Å². The van der Waals surface area contributed by atoms with E-state index in [4.69, 9.17) is 0 Å². The Kier molecular flexibility index (Phi) is 4.77. The molecule has 1 saturated heterocycles. The van der Waals surface area contributed by atoms with Gasteiger partial charge in [-0.25, -0.2) is 4.98 Å². The molecule has 1 aromatic carbocycles. The number of benzene rings is 1. The molecule has 0 aliphatic carbocycles. The van der Waals surface area contributed by atoms with E-state index in [1.165, 1.54) is 37.8 Å². The maximum Gasteiger partial charge on any atom is 0.188 e. The van der Waals surface area contributed by atoms with Crippen LogP contribution in [0.4, 0.5) is 5.69 Å². The fourth-order valence-electron chi connectivity index (χ4n) is 2.70. The first-order valence-corrected chi connectivity index (χ1v) is 8.24. The summed E-state index contributed by atoms with van der Waals surface area (Å²) >= 11 is 1.58. The van der Waals surface area contributed by atoms with Crippen LogP contribution in [0, 0.1) is 0 Å². The van der Waals surface area contributed by atoms with E-state index in [1.807, 2.05) is 0 Å². The number of anilines is 1. The van der Waals surface area contributed by atoms with Crippen molar-refractivity contribution in [2.45, 2.75) is 48.3 Å². The highest BCUT2D eigenvalue weighted by Crippen LogP contribution is 2.25. The van der Waals surface area contributed by atoms with Gasteiger partial charge < -0.3 is 10.6 Å². The van der Waals surface area contributed by atoms with Gasteiger partial charge in [0.15, 0.2) is 5.16 Å². The molecule has 2 unspecified atom stereocenters. The Balaban J connectivity index is 1.51. The van der Waals surface area contributed by atoms with E-state index in [2.05, 4.69) is 57.0 Å². The molecule has 2 atom stereocenters. The molecule has 0 saturated carbocycles. The summed E-state index contributed by atoms with van der Waals surface area (Å²) in [4.78, 5) is 5.27. The summed E-state index contributed by atoms with van der Waals surface area (Å²) in [5, 5.41) is 14.6. The Morgan fingerprint density at radius 1 is 1.38 bits per heavy atom. The lowest BCUT2D eigenvalue weighted by atomic mass is 10.1. The topological polar surface area (TPSA) is 65.6 Å². The molecule has 6 heteroatoms. The van der Waals surface area contributed by atoms with Crippen molar-refractivity contribution in [3.8, 4) is 0 Å². The molecule has 2 aromatic rings. The van der Waals surface area contributed by atoms with E-state index < -0.39 is 0 Å². The van der Waals surface area contributed by atoms with Crippen LogP contribution in [-0.2, 0) is 0 Å². The van der Waals surface area contributed by atoms with Gasteiger partial charge in [0.25, 0.3) is 0 Å². The van der Waals surface area contributed by atoms with E-state index in [0.29, 0.717) is 12.1 Å². The molecule has 5 nitrogen and oxygen atoms in total. The lowest BCUT2D eigenvalue weighted by Gasteiger charge is -2.19. The molecule has 21 heavy (non-hydrogen) atoms. The van der Waals surface area contributed by atoms with Gasteiger partial charge in [-0.05, 0) is 57.0 Å². The molecule has 0 bridgehead atoms. The zero-order valence-electron chi connectivity index (χ0n) is 12.2. The fraction of sp³-hybridized carbons (Fsp3) is 0.467. The zero-order valence-corrected chi connectivity index (χ0v) is 13.0. The van der Waals surface area contributed by atoms with Gasteiger partial charge in [-0.3, -0.25) is 5.10 Å². The number of H-pyrrole nitrogens is 1. The van der Waals surface area contributed by atoms with Crippen LogP contribution in [-0.4, -0.2) is 33.8 Å². The monoisotopic (exact) mass is 303 g/mol. The predicted molar refractivity (Wildman–Crippen MR) is 85.7 cm³/mol. The van der Waals surface area contributed by atoms with Crippen molar-refractivity contribution in [1.82, 2.24) is 20.5 Å². The van der Waals surface area contributed by atoms with Crippen LogP contribution >= 0.6 is 11.8 Å². The number of nitrogens with zero attached hydrogens (tertiary/aromatic N) is 2. The third kappa shape index (κ3) is 4.22. The van der Waals surface area contributed by atoms with Gasteiger partial charge in [-0.1, -0.05) is 11.8 Å². The van der Waals surface area contributed by atoms with Gasteiger partial charge in [-0.15, -0.1) is 0 Å². The van der Waals surface area contributed by atoms with E-state index in [-0.39, 0.29) is 0 Å². The molecule has 1 aromatic heterocycles. The van der Waals surface area contributed by atoms with E-state index in [0.717, 1.165) is 10.1 Å². The minimum Gasteiger partial charge on any atom is -0.383 e. The predicted octanol–water partition coefficient (Wildman–Crippen LogP) is 2.90. The Morgan fingerprint density at radius 3 is 2.90 bits per heavy atom. The number of aromatic nitrogens is 3. The quantitative estimate of drug-likeness (QED) is 0.766. The molecule has 0 amide bonds. The van der Waals surface area contributed by atoms with Crippen LogP contribution in [0.1, 0.15) is 26.2 Å². The first kappa shape index (κ1) is 14.4. The van der Waals surface area contributed by atoms with Crippen molar-refractivity contribution in [2.24, 2.45) is 0 Å². The first-order chi connectivity index (χ1) is 10.3. The summed E-state index contributed by atoms with van der Waals surface area (Å²) in [7, 11) is 0. The van der Waals surface area contributed by atoms with E-state index >= 15 is 0 Å². The largest absolute Gasteiger partial charge is 0.383 e. The van der Waals surface area contributed by atoms with Gasteiger partial charge in [0.1, 0.15) is 6.33 Å². The number of aromatic amines is 1. The van der Waals surface area contributed by atoms with Crippen LogP contribution in [0.25, 0.3) is 0 Å². The molecule has 112 valence electrons. The summed E-state index contributed by atoms with van der Waals surface area (Å²) in [5.41, 5.74) is 1.17. The van der Waals surface area contributed by atoms with Crippen molar-refractivity contribution in [3.05, 3.63) is 30.6 Å². The smallest absolute Gasteiger partial charge is 0.188 e. The molecule has 3 N–H and O–H groups in total. The number of rotatable bonds is 6. The SMILES string of the molecule is CC(CC1CCCN1)Nc1ccc(Sc2ncn[nH]2)cc1. The third-order valence-corrected chi connectivity index (χ3v) is 4.57. The van der Waals surface area contributed by atoms with Gasteiger partial charge >= 0.3 is 0 Å². The van der Waals surface area contributed by atoms with Crippen LogP contribution < -0.4 is 10.6 Å². The molecular weight excluding hydrogens is 282 g/mol. The highest BCUT2D eigenvalue weighted by molar-refractivity contribution is 7.99. The second-order valence-corrected chi connectivity index (χ2v) is 6.55. The molecule has 1 aliphatic rings.